The Morgan fingerprint density at radius 2 is 1.90 bits per heavy atom. The number of amides is 1. The summed E-state index contributed by atoms with van der Waals surface area (Å²) in [6.45, 7) is 1.96. The molecule has 1 amide bonds. The lowest BCUT2D eigenvalue weighted by molar-refractivity contribution is 0.0952. The monoisotopic (exact) mass is 284 g/mol. The maximum Gasteiger partial charge on any atom is 0.275 e. The summed E-state index contributed by atoms with van der Waals surface area (Å²) >= 11 is 0. The minimum atomic E-state index is -0.583. The molecule has 0 saturated carbocycles. The predicted molar refractivity (Wildman–Crippen MR) is 80.6 cm³/mol. The summed E-state index contributed by atoms with van der Waals surface area (Å²) in [7, 11) is 0. The van der Waals surface area contributed by atoms with Crippen molar-refractivity contribution in [2.75, 3.05) is 0 Å². The van der Waals surface area contributed by atoms with Crippen LogP contribution in [0.15, 0.2) is 53.6 Å². The highest BCUT2D eigenvalue weighted by molar-refractivity contribution is 5.97. The summed E-state index contributed by atoms with van der Waals surface area (Å²) in [5, 5.41) is 22.8. The van der Waals surface area contributed by atoms with Crippen molar-refractivity contribution in [1.82, 2.24) is 5.43 Å². The van der Waals surface area contributed by atoms with Crippen LogP contribution in [0.2, 0.25) is 0 Å². The van der Waals surface area contributed by atoms with Gasteiger partial charge in [-0.15, -0.1) is 0 Å². The van der Waals surface area contributed by atoms with Gasteiger partial charge in [-0.2, -0.15) is 5.10 Å². The lowest BCUT2D eigenvalue weighted by Crippen LogP contribution is -2.18. The van der Waals surface area contributed by atoms with Gasteiger partial charge in [0.2, 0.25) is 0 Å². The first-order valence-corrected chi connectivity index (χ1v) is 6.48. The second kappa shape index (κ2) is 6.56. The van der Waals surface area contributed by atoms with Crippen molar-refractivity contribution in [2.24, 2.45) is 5.10 Å². The Bertz CT molecular complexity index is 654. The van der Waals surface area contributed by atoms with Gasteiger partial charge in [-0.05, 0) is 23.8 Å². The summed E-state index contributed by atoms with van der Waals surface area (Å²) in [5.41, 5.74) is 3.38. The van der Waals surface area contributed by atoms with E-state index in [1.54, 1.807) is 6.21 Å². The molecule has 2 aromatic rings. The van der Waals surface area contributed by atoms with E-state index in [2.05, 4.69) is 10.5 Å². The first kappa shape index (κ1) is 14.6. The Kier molecular flexibility index (Phi) is 4.56. The molecule has 108 valence electrons. The fourth-order valence-electron chi connectivity index (χ4n) is 1.82. The van der Waals surface area contributed by atoms with Crippen molar-refractivity contribution in [3.63, 3.8) is 0 Å². The highest BCUT2D eigenvalue weighted by Crippen LogP contribution is 2.21. The van der Waals surface area contributed by atoms with Crippen LogP contribution in [0, 0.1) is 0 Å². The quantitative estimate of drug-likeness (QED) is 0.458. The number of rotatable bonds is 4. The first-order valence-electron chi connectivity index (χ1n) is 6.48. The number of hydrazone groups is 1. The summed E-state index contributed by atoms with van der Waals surface area (Å²) in [6.07, 6.45) is 1.60. The van der Waals surface area contributed by atoms with Gasteiger partial charge in [0.15, 0.2) is 0 Å². The minimum Gasteiger partial charge on any atom is -0.508 e. The molecule has 0 radical (unpaired) electrons. The number of hydrogen-bond donors (Lipinski definition) is 3. The van der Waals surface area contributed by atoms with Crippen LogP contribution in [-0.4, -0.2) is 22.3 Å². The van der Waals surface area contributed by atoms with Gasteiger partial charge in [-0.3, -0.25) is 4.79 Å². The van der Waals surface area contributed by atoms with Gasteiger partial charge >= 0.3 is 0 Å². The Hall–Kier alpha value is -2.82. The van der Waals surface area contributed by atoms with Gasteiger partial charge in [0.25, 0.3) is 5.91 Å². The SMILES string of the molecule is CC(/C=N/NC(=O)c1cc(O)ccc1O)c1ccccc1. The normalized spacial score (nSPS) is 12.2. The molecule has 1 unspecified atom stereocenters. The third kappa shape index (κ3) is 3.82. The number of nitrogens with one attached hydrogen (secondary N) is 1. The molecule has 0 saturated heterocycles. The zero-order valence-corrected chi connectivity index (χ0v) is 11.5. The van der Waals surface area contributed by atoms with E-state index < -0.39 is 5.91 Å². The van der Waals surface area contributed by atoms with Crippen molar-refractivity contribution < 1.29 is 15.0 Å². The molecule has 2 aromatic carbocycles. The number of phenols is 2. The van der Waals surface area contributed by atoms with Gasteiger partial charge in [0, 0.05) is 12.1 Å². The minimum absolute atomic E-state index is 0.0282. The second-order valence-electron chi connectivity index (χ2n) is 4.62. The third-order valence-corrected chi connectivity index (χ3v) is 3.01. The maximum absolute atomic E-state index is 11.8. The molecule has 0 heterocycles. The third-order valence-electron chi connectivity index (χ3n) is 3.01. The summed E-state index contributed by atoms with van der Waals surface area (Å²) < 4.78 is 0. The first-order chi connectivity index (χ1) is 10.1. The fraction of sp³-hybridized carbons (Fsp3) is 0.125. The van der Waals surface area contributed by atoms with Crippen LogP contribution in [0.4, 0.5) is 0 Å². The van der Waals surface area contributed by atoms with E-state index in [1.165, 1.54) is 18.2 Å². The van der Waals surface area contributed by atoms with E-state index in [1.807, 2.05) is 37.3 Å². The van der Waals surface area contributed by atoms with Crippen molar-refractivity contribution in [3.8, 4) is 11.5 Å². The highest BCUT2D eigenvalue weighted by atomic mass is 16.3. The van der Waals surface area contributed by atoms with E-state index in [0.717, 1.165) is 5.56 Å². The molecule has 1 atom stereocenters. The number of nitrogens with zero attached hydrogens (tertiary/aromatic N) is 1. The number of carbonyl (C=O) groups is 1. The highest BCUT2D eigenvalue weighted by Gasteiger charge is 2.11. The standard InChI is InChI=1S/C16H16N2O3/c1-11(12-5-3-2-4-6-12)10-17-18-16(21)14-9-13(19)7-8-15(14)20/h2-11,19-20H,1H3,(H,18,21)/b17-10+. The van der Waals surface area contributed by atoms with E-state index >= 15 is 0 Å². The maximum atomic E-state index is 11.8. The van der Waals surface area contributed by atoms with E-state index in [0.29, 0.717) is 0 Å². The van der Waals surface area contributed by atoms with Crippen LogP contribution in [0.5, 0.6) is 11.5 Å². The molecule has 0 aromatic heterocycles. The van der Waals surface area contributed by atoms with Crippen LogP contribution in [0.25, 0.3) is 0 Å². The second-order valence-corrected chi connectivity index (χ2v) is 4.62. The van der Waals surface area contributed by atoms with Gasteiger partial charge in [0.05, 0.1) is 5.56 Å². The van der Waals surface area contributed by atoms with Crippen molar-refractivity contribution in [2.45, 2.75) is 12.8 Å². The molecule has 0 aliphatic carbocycles. The van der Waals surface area contributed by atoms with Gasteiger partial charge in [0.1, 0.15) is 11.5 Å². The number of benzene rings is 2. The lowest BCUT2D eigenvalue weighted by Gasteiger charge is -2.06. The smallest absolute Gasteiger partial charge is 0.275 e. The Labute approximate surface area is 122 Å². The number of hydrogen-bond acceptors (Lipinski definition) is 4. The Morgan fingerprint density at radius 3 is 2.62 bits per heavy atom. The van der Waals surface area contributed by atoms with E-state index in [9.17, 15) is 15.0 Å². The van der Waals surface area contributed by atoms with Gasteiger partial charge in [-0.25, -0.2) is 5.43 Å². The topological polar surface area (TPSA) is 81.9 Å². The molecule has 5 heteroatoms. The molecule has 21 heavy (non-hydrogen) atoms. The summed E-state index contributed by atoms with van der Waals surface area (Å²) in [5.74, 6) is -0.847. The fourth-order valence-corrected chi connectivity index (χ4v) is 1.82. The van der Waals surface area contributed by atoms with Crippen molar-refractivity contribution in [1.29, 1.82) is 0 Å². The number of carbonyl (C=O) groups excluding carboxylic acids is 1. The molecule has 0 aliphatic heterocycles. The Morgan fingerprint density at radius 1 is 1.19 bits per heavy atom. The van der Waals surface area contributed by atoms with Crippen LogP contribution in [0.3, 0.4) is 0 Å². The number of aromatic hydroxyl groups is 2. The van der Waals surface area contributed by atoms with Crippen molar-refractivity contribution >= 4 is 12.1 Å². The largest absolute Gasteiger partial charge is 0.508 e. The molecule has 5 nitrogen and oxygen atoms in total. The summed E-state index contributed by atoms with van der Waals surface area (Å²) in [6, 6.07) is 13.5. The molecule has 0 fully saturated rings. The summed E-state index contributed by atoms with van der Waals surface area (Å²) in [4.78, 5) is 11.8. The molecule has 0 spiro atoms. The average Bonchev–Trinajstić information content (AvgIpc) is 2.50. The molecule has 0 aliphatic rings. The van der Waals surface area contributed by atoms with Crippen LogP contribution in [-0.2, 0) is 0 Å². The van der Waals surface area contributed by atoms with Gasteiger partial charge in [-0.1, -0.05) is 37.3 Å². The number of phenolic OH excluding ortho intramolecular Hbond substituents is 2. The van der Waals surface area contributed by atoms with Crippen molar-refractivity contribution in [3.05, 3.63) is 59.7 Å². The molecular weight excluding hydrogens is 268 g/mol. The van der Waals surface area contributed by atoms with Crippen LogP contribution in [0.1, 0.15) is 28.8 Å². The van der Waals surface area contributed by atoms with Crippen LogP contribution < -0.4 is 5.43 Å². The zero-order chi connectivity index (χ0) is 15.2. The predicted octanol–water partition coefficient (Wildman–Crippen LogP) is 2.62. The van der Waals surface area contributed by atoms with E-state index in [4.69, 9.17) is 0 Å². The van der Waals surface area contributed by atoms with Crippen LogP contribution >= 0.6 is 0 Å². The van der Waals surface area contributed by atoms with E-state index in [-0.39, 0.29) is 23.0 Å². The lowest BCUT2D eigenvalue weighted by atomic mass is 10.0. The molecule has 2 rings (SSSR count). The Balaban J connectivity index is 2.01. The zero-order valence-electron chi connectivity index (χ0n) is 11.5. The van der Waals surface area contributed by atoms with Gasteiger partial charge < -0.3 is 10.2 Å². The molecule has 0 bridgehead atoms. The molecule has 3 N–H and O–H groups in total. The average molecular weight is 284 g/mol. The molecular formula is C16H16N2O3.